The van der Waals surface area contributed by atoms with Gasteiger partial charge in [-0.15, -0.1) is 0 Å². The van der Waals surface area contributed by atoms with Crippen LogP contribution >= 0.6 is 0 Å². The Balaban J connectivity index is 1.24. The molecule has 2 saturated heterocycles. The maximum absolute atomic E-state index is 13.0. The van der Waals surface area contributed by atoms with Gasteiger partial charge in [0, 0.05) is 31.7 Å². The third kappa shape index (κ3) is 4.53. The van der Waals surface area contributed by atoms with Gasteiger partial charge in [-0.1, -0.05) is 30.3 Å². The molecule has 0 atom stereocenters. The molecule has 0 bridgehead atoms. The molecular weight excluding hydrogens is 336 g/mol. The van der Waals surface area contributed by atoms with Crippen LogP contribution in [-0.4, -0.2) is 52.1 Å². The van der Waals surface area contributed by atoms with Gasteiger partial charge in [0.1, 0.15) is 0 Å². The summed E-state index contributed by atoms with van der Waals surface area (Å²) < 4.78 is 0. The van der Waals surface area contributed by atoms with Gasteiger partial charge in [-0.05, 0) is 61.9 Å². The number of likely N-dealkylation sites (tertiary alicyclic amines) is 2. The van der Waals surface area contributed by atoms with Gasteiger partial charge >= 0.3 is 0 Å². The molecular formula is C22H28N4O. The fourth-order valence-electron chi connectivity index (χ4n) is 4.42. The molecule has 2 aliphatic heterocycles. The Morgan fingerprint density at radius 1 is 0.926 bits per heavy atom. The van der Waals surface area contributed by atoms with E-state index in [1.807, 2.05) is 12.3 Å². The first-order valence-electron chi connectivity index (χ1n) is 10.1. The molecule has 2 aromatic rings. The van der Waals surface area contributed by atoms with Crippen molar-refractivity contribution in [3.05, 3.63) is 59.9 Å². The van der Waals surface area contributed by atoms with E-state index in [0.29, 0.717) is 11.8 Å². The third-order valence-electron chi connectivity index (χ3n) is 6.07. The first kappa shape index (κ1) is 18.1. The van der Waals surface area contributed by atoms with E-state index in [-0.39, 0.29) is 5.92 Å². The van der Waals surface area contributed by atoms with Crippen molar-refractivity contribution < 1.29 is 4.79 Å². The molecule has 4 rings (SSSR count). The zero-order valence-electron chi connectivity index (χ0n) is 15.8. The summed E-state index contributed by atoms with van der Waals surface area (Å²) in [5.74, 6) is 1.18. The van der Waals surface area contributed by atoms with E-state index < -0.39 is 0 Å². The molecule has 2 fully saturated rings. The molecule has 1 aromatic heterocycles. The van der Waals surface area contributed by atoms with Gasteiger partial charge in [-0.3, -0.25) is 9.69 Å². The zero-order valence-corrected chi connectivity index (χ0v) is 15.8. The van der Waals surface area contributed by atoms with Crippen molar-refractivity contribution in [2.45, 2.75) is 38.1 Å². The van der Waals surface area contributed by atoms with Crippen LogP contribution in [0.4, 0.5) is 0 Å². The summed E-state index contributed by atoms with van der Waals surface area (Å²) in [7, 11) is 0. The molecule has 0 unspecified atom stereocenters. The number of aromatic nitrogens is 2. The number of hydrogen-bond donors (Lipinski definition) is 0. The highest BCUT2D eigenvalue weighted by atomic mass is 16.2. The predicted octanol–water partition coefficient (Wildman–Crippen LogP) is 3.09. The molecule has 3 heterocycles. The van der Waals surface area contributed by atoms with Crippen LogP contribution in [0.3, 0.4) is 0 Å². The van der Waals surface area contributed by atoms with E-state index in [9.17, 15) is 4.79 Å². The molecule has 5 heteroatoms. The Bertz CT molecular complexity index is 720. The number of hydrogen-bond acceptors (Lipinski definition) is 4. The molecule has 142 valence electrons. The number of rotatable bonds is 4. The van der Waals surface area contributed by atoms with Crippen molar-refractivity contribution in [3.8, 4) is 0 Å². The summed E-state index contributed by atoms with van der Waals surface area (Å²) in [6, 6.07) is 12.7. The van der Waals surface area contributed by atoms with Gasteiger partial charge in [-0.25, -0.2) is 0 Å². The molecule has 0 aliphatic carbocycles. The van der Waals surface area contributed by atoms with Crippen molar-refractivity contribution in [3.63, 3.8) is 0 Å². The number of benzene rings is 1. The summed E-state index contributed by atoms with van der Waals surface area (Å²) in [6.45, 7) is 4.68. The molecule has 0 spiro atoms. The second-order valence-electron chi connectivity index (χ2n) is 7.81. The van der Waals surface area contributed by atoms with Crippen LogP contribution in [0.5, 0.6) is 0 Å². The van der Waals surface area contributed by atoms with Crippen LogP contribution in [-0.2, 0) is 11.3 Å². The molecule has 2 aliphatic rings. The second-order valence-corrected chi connectivity index (χ2v) is 7.81. The lowest BCUT2D eigenvalue weighted by molar-refractivity contribution is -0.138. The van der Waals surface area contributed by atoms with Gasteiger partial charge < -0.3 is 4.90 Å². The Labute approximate surface area is 161 Å². The summed E-state index contributed by atoms with van der Waals surface area (Å²) in [4.78, 5) is 17.5. The van der Waals surface area contributed by atoms with Crippen molar-refractivity contribution in [1.29, 1.82) is 0 Å². The summed E-state index contributed by atoms with van der Waals surface area (Å²) in [5, 5.41) is 7.78. The second kappa shape index (κ2) is 8.61. The van der Waals surface area contributed by atoms with Gasteiger partial charge in [0.25, 0.3) is 0 Å². The predicted molar refractivity (Wildman–Crippen MR) is 105 cm³/mol. The number of carbonyl (C=O) groups excluding carboxylic acids is 1. The maximum Gasteiger partial charge on any atom is 0.225 e. The lowest BCUT2D eigenvalue weighted by atomic mass is 9.88. The van der Waals surface area contributed by atoms with Crippen molar-refractivity contribution >= 4 is 5.91 Å². The number of amides is 1. The van der Waals surface area contributed by atoms with Gasteiger partial charge in [0.15, 0.2) is 0 Å². The van der Waals surface area contributed by atoms with Crippen LogP contribution < -0.4 is 0 Å². The maximum atomic E-state index is 13.0. The fourth-order valence-corrected chi connectivity index (χ4v) is 4.42. The molecule has 0 N–H and O–H groups in total. The largest absolute Gasteiger partial charge is 0.342 e. The Morgan fingerprint density at radius 3 is 2.33 bits per heavy atom. The Kier molecular flexibility index (Phi) is 5.78. The molecule has 1 aromatic carbocycles. The lowest BCUT2D eigenvalue weighted by Gasteiger charge is -2.37. The fraction of sp³-hybridized carbons (Fsp3) is 0.500. The van der Waals surface area contributed by atoms with E-state index in [1.165, 1.54) is 11.1 Å². The number of piperidine rings is 2. The van der Waals surface area contributed by atoms with E-state index in [1.54, 1.807) is 6.20 Å². The van der Waals surface area contributed by atoms with Crippen molar-refractivity contribution in [2.24, 2.45) is 5.92 Å². The highest BCUT2D eigenvalue weighted by Crippen LogP contribution is 2.29. The Morgan fingerprint density at radius 2 is 1.67 bits per heavy atom. The minimum absolute atomic E-state index is 0.199. The molecule has 5 nitrogen and oxygen atoms in total. The van der Waals surface area contributed by atoms with Crippen LogP contribution in [0, 0.1) is 5.92 Å². The Hall–Kier alpha value is -2.27. The zero-order chi connectivity index (χ0) is 18.5. The van der Waals surface area contributed by atoms with Gasteiger partial charge in [-0.2, -0.15) is 10.2 Å². The SMILES string of the molecule is O=C(C1CCN(Cc2ccnnc2)CC1)N1CCC(c2ccccc2)CC1. The van der Waals surface area contributed by atoms with Crippen LogP contribution in [0.25, 0.3) is 0 Å². The highest BCUT2D eigenvalue weighted by Gasteiger charge is 2.31. The third-order valence-corrected chi connectivity index (χ3v) is 6.07. The average molecular weight is 364 g/mol. The first-order chi connectivity index (χ1) is 13.3. The number of nitrogens with zero attached hydrogens (tertiary/aromatic N) is 4. The first-order valence-corrected chi connectivity index (χ1v) is 10.1. The van der Waals surface area contributed by atoms with E-state index in [0.717, 1.165) is 58.4 Å². The smallest absolute Gasteiger partial charge is 0.225 e. The van der Waals surface area contributed by atoms with Crippen molar-refractivity contribution in [1.82, 2.24) is 20.0 Å². The van der Waals surface area contributed by atoms with Crippen molar-refractivity contribution in [2.75, 3.05) is 26.2 Å². The minimum atomic E-state index is 0.199. The number of carbonyl (C=O) groups is 1. The van der Waals surface area contributed by atoms with Crippen LogP contribution in [0.2, 0.25) is 0 Å². The molecule has 1 amide bonds. The van der Waals surface area contributed by atoms with Gasteiger partial charge in [0.2, 0.25) is 5.91 Å². The van der Waals surface area contributed by atoms with E-state index >= 15 is 0 Å². The van der Waals surface area contributed by atoms with Gasteiger partial charge in [0.05, 0.1) is 6.20 Å². The molecule has 27 heavy (non-hydrogen) atoms. The minimum Gasteiger partial charge on any atom is -0.342 e. The monoisotopic (exact) mass is 364 g/mol. The van der Waals surface area contributed by atoms with Crippen LogP contribution in [0.15, 0.2) is 48.8 Å². The standard InChI is InChI=1S/C22H28N4O/c27-22(26-14-9-20(10-15-26)19-4-2-1-3-5-19)21-7-12-25(13-8-21)17-18-6-11-23-24-16-18/h1-6,11,16,20-21H,7-10,12-15,17H2. The quantitative estimate of drug-likeness (QED) is 0.836. The van der Waals surface area contributed by atoms with Crippen LogP contribution in [0.1, 0.15) is 42.7 Å². The van der Waals surface area contributed by atoms with E-state index in [4.69, 9.17) is 0 Å². The molecule has 0 saturated carbocycles. The van der Waals surface area contributed by atoms with E-state index in [2.05, 4.69) is 50.3 Å². The highest BCUT2D eigenvalue weighted by molar-refractivity contribution is 5.79. The topological polar surface area (TPSA) is 49.3 Å². The normalized spacial score (nSPS) is 19.9. The summed E-state index contributed by atoms with van der Waals surface area (Å²) >= 11 is 0. The summed E-state index contributed by atoms with van der Waals surface area (Å²) in [6.07, 6.45) is 7.68. The summed E-state index contributed by atoms with van der Waals surface area (Å²) in [5.41, 5.74) is 2.61. The average Bonchev–Trinajstić information content (AvgIpc) is 2.75. The lowest BCUT2D eigenvalue weighted by Crippen LogP contribution is -2.45. The molecule has 0 radical (unpaired) electrons.